The van der Waals surface area contributed by atoms with Gasteiger partial charge < -0.3 is 5.32 Å². The van der Waals surface area contributed by atoms with E-state index in [9.17, 15) is 4.79 Å². The quantitative estimate of drug-likeness (QED) is 0.798. The first-order valence-corrected chi connectivity index (χ1v) is 8.63. The minimum absolute atomic E-state index is 0.0814. The standard InChI is InChI=1S/C20H20N4O/c1-2-18-21-11-12-24(18)19-10-8-15(13-22-19)20(25)23-17-9-7-14-5-3-4-6-16(14)17/h3-6,8,10-13,17H,2,7,9H2,1H3,(H,23,25)/t17-/m0/s1. The summed E-state index contributed by atoms with van der Waals surface area (Å²) in [4.78, 5) is 21.3. The van der Waals surface area contributed by atoms with Gasteiger partial charge in [-0.2, -0.15) is 0 Å². The smallest absolute Gasteiger partial charge is 0.253 e. The van der Waals surface area contributed by atoms with Crippen molar-refractivity contribution in [2.75, 3.05) is 0 Å². The van der Waals surface area contributed by atoms with E-state index in [1.54, 1.807) is 12.4 Å². The molecule has 1 atom stereocenters. The fourth-order valence-corrected chi connectivity index (χ4v) is 3.42. The van der Waals surface area contributed by atoms with Crippen LogP contribution in [0.5, 0.6) is 0 Å². The van der Waals surface area contributed by atoms with Gasteiger partial charge in [-0.3, -0.25) is 9.36 Å². The minimum Gasteiger partial charge on any atom is -0.345 e. The van der Waals surface area contributed by atoms with Crippen LogP contribution in [0.4, 0.5) is 0 Å². The highest BCUT2D eigenvalue weighted by molar-refractivity contribution is 5.94. The minimum atomic E-state index is -0.0814. The average molecular weight is 332 g/mol. The number of hydrogen-bond donors (Lipinski definition) is 1. The van der Waals surface area contributed by atoms with Crippen molar-refractivity contribution in [3.63, 3.8) is 0 Å². The summed E-state index contributed by atoms with van der Waals surface area (Å²) < 4.78 is 1.94. The van der Waals surface area contributed by atoms with Crippen molar-refractivity contribution >= 4 is 5.91 Å². The van der Waals surface area contributed by atoms with Gasteiger partial charge in [0.05, 0.1) is 11.6 Å². The summed E-state index contributed by atoms with van der Waals surface area (Å²) in [6, 6.07) is 12.1. The zero-order valence-corrected chi connectivity index (χ0v) is 14.1. The van der Waals surface area contributed by atoms with Crippen molar-refractivity contribution in [1.82, 2.24) is 19.9 Å². The topological polar surface area (TPSA) is 59.8 Å². The largest absolute Gasteiger partial charge is 0.345 e. The molecule has 0 spiro atoms. The molecule has 1 aromatic carbocycles. The molecular weight excluding hydrogens is 312 g/mol. The van der Waals surface area contributed by atoms with Gasteiger partial charge in [-0.25, -0.2) is 9.97 Å². The Morgan fingerprint density at radius 3 is 2.92 bits per heavy atom. The van der Waals surface area contributed by atoms with Gasteiger partial charge in [-0.1, -0.05) is 31.2 Å². The lowest BCUT2D eigenvalue weighted by molar-refractivity contribution is 0.0936. The third kappa shape index (κ3) is 2.93. The second kappa shape index (κ2) is 6.51. The van der Waals surface area contributed by atoms with Gasteiger partial charge in [0.2, 0.25) is 0 Å². The molecule has 3 aromatic rings. The molecule has 0 fully saturated rings. The lowest BCUT2D eigenvalue weighted by Crippen LogP contribution is -2.27. The van der Waals surface area contributed by atoms with E-state index in [4.69, 9.17) is 0 Å². The van der Waals surface area contributed by atoms with E-state index in [1.807, 2.05) is 35.0 Å². The molecule has 5 nitrogen and oxygen atoms in total. The van der Waals surface area contributed by atoms with E-state index >= 15 is 0 Å². The van der Waals surface area contributed by atoms with Crippen LogP contribution in [0.2, 0.25) is 0 Å². The number of rotatable bonds is 4. The number of aromatic nitrogens is 3. The molecule has 1 amide bonds. The molecule has 0 saturated heterocycles. The molecule has 2 aromatic heterocycles. The van der Waals surface area contributed by atoms with Crippen molar-refractivity contribution < 1.29 is 4.79 Å². The van der Waals surface area contributed by atoms with Gasteiger partial charge >= 0.3 is 0 Å². The molecule has 0 unspecified atom stereocenters. The highest BCUT2D eigenvalue weighted by Crippen LogP contribution is 2.30. The summed E-state index contributed by atoms with van der Waals surface area (Å²) in [5.41, 5.74) is 3.13. The second-order valence-electron chi connectivity index (χ2n) is 6.24. The number of amides is 1. The van der Waals surface area contributed by atoms with Crippen molar-refractivity contribution in [2.24, 2.45) is 0 Å². The second-order valence-corrected chi connectivity index (χ2v) is 6.24. The van der Waals surface area contributed by atoms with Crippen LogP contribution in [0, 0.1) is 0 Å². The van der Waals surface area contributed by atoms with Crippen LogP contribution >= 0.6 is 0 Å². The first-order valence-electron chi connectivity index (χ1n) is 8.63. The van der Waals surface area contributed by atoms with Gasteiger partial charge in [0, 0.05) is 25.0 Å². The Balaban J connectivity index is 1.50. The Labute approximate surface area is 146 Å². The molecule has 25 heavy (non-hydrogen) atoms. The monoisotopic (exact) mass is 332 g/mol. The zero-order chi connectivity index (χ0) is 17.2. The first kappa shape index (κ1) is 15.6. The lowest BCUT2D eigenvalue weighted by Gasteiger charge is -2.14. The van der Waals surface area contributed by atoms with Gasteiger partial charge in [0.1, 0.15) is 11.6 Å². The highest BCUT2D eigenvalue weighted by atomic mass is 16.1. The zero-order valence-electron chi connectivity index (χ0n) is 14.1. The number of aryl methyl sites for hydroxylation is 2. The van der Waals surface area contributed by atoms with Crippen LogP contribution in [-0.4, -0.2) is 20.4 Å². The van der Waals surface area contributed by atoms with Crippen molar-refractivity contribution in [2.45, 2.75) is 32.2 Å². The van der Waals surface area contributed by atoms with Crippen LogP contribution in [0.3, 0.4) is 0 Å². The maximum absolute atomic E-state index is 12.6. The van der Waals surface area contributed by atoms with Crippen LogP contribution in [-0.2, 0) is 12.8 Å². The Morgan fingerprint density at radius 1 is 1.24 bits per heavy atom. The molecule has 1 aliphatic carbocycles. The fraction of sp³-hybridized carbons (Fsp3) is 0.250. The summed E-state index contributed by atoms with van der Waals surface area (Å²) in [6.07, 6.45) is 8.07. The number of fused-ring (bicyclic) bond motifs is 1. The van der Waals surface area contributed by atoms with Gasteiger partial charge in [0.25, 0.3) is 5.91 Å². The predicted molar refractivity (Wildman–Crippen MR) is 95.7 cm³/mol. The number of carbonyl (C=O) groups is 1. The van der Waals surface area contributed by atoms with Crippen LogP contribution in [0.1, 0.15) is 46.7 Å². The van der Waals surface area contributed by atoms with E-state index in [-0.39, 0.29) is 11.9 Å². The van der Waals surface area contributed by atoms with Crippen LogP contribution < -0.4 is 5.32 Å². The Morgan fingerprint density at radius 2 is 2.12 bits per heavy atom. The SMILES string of the molecule is CCc1nccn1-c1ccc(C(=O)N[C@H]2CCc3ccccc32)cn1. The first-order chi connectivity index (χ1) is 12.3. The maximum atomic E-state index is 12.6. The molecule has 126 valence electrons. The van der Waals surface area contributed by atoms with Crippen LogP contribution in [0.15, 0.2) is 55.0 Å². The van der Waals surface area contributed by atoms with Gasteiger partial charge in [0.15, 0.2) is 0 Å². The molecule has 4 rings (SSSR count). The number of benzene rings is 1. The Kier molecular flexibility index (Phi) is 4.06. The molecular formula is C20H20N4O. The predicted octanol–water partition coefficient (Wildman–Crippen LogP) is 3.25. The molecule has 2 heterocycles. The van der Waals surface area contributed by atoms with Gasteiger partial charge in [-0.15, -0.1) is 0 Å². The highest BCUT2D eigenvalue weighted by Gasteiger charge is 2.23. The van der Waals surface area contributed by atoms with E-state index in [1.165, 1.54) is 11.1 Å². The maximum Gasteiger partial charge on any atom is 0.253 e. The number of imidazole rings is 1. The number of carbonyl (C=O) groups excluding carboxylic acids is 1. The van der Waals surface area contributed by atoms with Crippen LogP contribution in [0.25, 0.3) is 5.82 Å². The van der Waals surface area contributed by atoms with E-state index in [2.05, 4.69) is 34.3 Å². The number of nitrogens with zero attached hydrogens (tertiary/aromatic N) is 3. The molecule has 0 saturated carbocycles. The van der Waals surface area contributed by atoms with Crippen molar-refractivity contribution in [3.05, 3.63) is 77.5 Å². The molecule has 1 N–H and O–H groups in total. The summed E-state index contributed by atoms with van der Waals surface area (Å²) in [6.45, 7) is 2.06. The molecule has 5 heteroatoms. The van der Waals surface area contributed by atoms with Gasteiger partial charge in [-0.05, 0) is 36.1 Å². The number of nitrogens with one attached hydrogen (secondary N) is 1. The number of pyridine rings is 1. The third-order valence-electron chi connectivity index (χ3n) is 4.73. The van der Waals surface area contributed by atoms with E-state index in [0.29, 0.717) is 5.56 Å². The summed E-state index contributed by atoms with van der Waals surface area (Å²) in [7, 11) is 0. The normalized spacial score (nSPS) is 15.8. The molecule has 1 aliphatic rings. The fourth-order valence-electron chi connectivity index (χ4n) is 3.42. The molecule has 0 aliphatic heterocycles. The summed E-state index contributed by atoms with van der Waals surface area (Å²) >= 11 is 0. The summed E-state index contributed by atoms with van der Waals surface area (Å²) in [5.74, 6) is 1.64. The lowest BCUT2D eigenvalue weighted by atomic mass is 10.1. The average Bonchev–Trinajstić information content (AvgIpc) is 3.29. The summed E-state index contributed by atoms with van der Waals surface area (Å²) in [5, 5.41) is 3.13. The van der Waals surface area contributed by atoms with E-state index in [0.717, 1.165) is 30.9 Å². The van der Waals surface area contributed by atoms with E-state index < -0.39 is 0 Å². The molecule has 0 bridgehead atoms. The number of hydrogen-bond acceptors (Lipinski definition) is 3. The Hall–Kier alpha value is -2.95. The van der Waals surface area contributed by atoms with Crippen molar-refractivity contribution in [3.8, 4) is 5.82 Å². The Bertz CT molecular complexity index is 898. The third-order valence-corrected chi connectivity index (χ3v) is 4.73. The van der Waals surface area contributed by atoms with Crippen molar-refractivity contribution in [1.29, 1.82) is 0 Å². The molecule has 0 radical (unpaired) electrons.